The fourth-order valence-corrected chi connectivity index (χ4v) is 2.46. The summed E-state index contributed by atoms with van der Waals surface area (Å²) in [6.45, 7) is 9.41. The molecule has 2 rings (SSSR count). The molecule has 0 aromatic heterocycles. The lowest BCUT2D eigenvalue weighted by atomic mass is 10.1. The molecule has 0 saturated carbocycles. The SMILES string of the molecule is Cc1cc(N2CCC(CNC(C)C)C2)ccc1F. The molecular weight excluding hydrogens is 227 g/mol. The van der Waals surface area contributed by atoms with Crippen LogP contribution in [0.5, 0.6) is 0 Å². The first-order valence-electron chi connectivity index (χ1n) is 6.80. The highest BCUT2D eigenvalue weighted by Gasteiger charge is 2.22. The average Bonchev–Trinajstić information content (AvgIpc) is 2.79. The molecule has 1 unspecified atom stereocenters. The van der Waals surface area contributed by atoms with Gasteiger partial charge in [0.05, 0.1) is 0 Å². The van der Waals surface area contributed by atoms with Crippen molar-refractivity contribution < 1.29 is 4.39 Å². The summed E-state index contributed by atoms with van der Waals surface area (Å²) in [5, 5.41) is 3.49. The molecule has 0 aliphatic carbocycles. The summed E-state index contributed by atoms with van der Waals surface area (Å²) in [6, 6.07) is 5.96. The van der Waals surface area contributed by atoms with Crippen LogP contribution in [-0.4, -0.2) is 25.7 Å². The topological polar surface area (TPSA) is 15.3 Å². The van der Waals surface area contributed by atoms with E-state index in [0.717, 1.165) is 30.9 Å². The van der Waals surface area contributed by atoms with Crippen LogP contribution in [0.1, 0.15) is 25.8 Å². The number of hydrogen-bond acceptors (Lipinski definition) is 2. The molecule has 18 heavy (non-hydrogen) atoms. The zero-order chi connectivity index (χ0) is 13.1. The van der Waals surface area contributed by atoms with Crippen LogP contribution in [0, 0.1) is 18.7 Å². The molecule has 3 heteroatoms. The molecule has 0 radical (unpaired) electrons. The summed E-state index contributed by atoms with van der Waals surface area (Å²) in [7, 11) is 0. The third-order valence-electron chi connectivity index (χ3n) is 3.61. The van der Waals surface area contributed by atoms with Gasteiger partial charge in [0.15, 0.2) is 0 Å². The van der Waals surface area contributed by atoms with Crippen LogP contribution in [0.3, 0.4) is 0 Å². The van der Waals surface area contributed by atoms with E-state index in [1.165, 1.54) is 6.42 Å². The maximum atomic E-state index is 13.2. The molecule has 1 saturated heterocycles. The van der Waals surface area contributed by atoms with Crippen LogP contribution in [0.25, 0.3) is 0 Å². The van der Waals surface area contributed by atoms with Gasteiger partial charge in [-0.05, 0) is 49.6 Å². The lowest BCUT2D eigenvalue weighted by Crippen LogP contribution is -2.30. The van der Waals surface area contributed by atoms with Gasteiger partial charge in [0.2, 0.25) is 0 Å². The fourth-order valence-electron chi connectivity index (χ4n) is 2.46. The maximum absolute atomic E-state index is 13.2. The van der Waals surface area contributed by atoms with E-state index in [1.807, 2.05) is 19.1 Å². The van der Waals surface area contributed by atoms with E-state index in [1.54, 1.807) is 6.07 Å². The Morgan fingerprint density at radius 2 is 2.22 bits per heavy atom. The molecule has 1 heterocycles. The van der Waals surface area contributed by atoms with E-state index >= 15 is 0 Å². The standard InChI is InChI=1S/C15H23FN2/c1-11(2)17-9-13-6-7-18(10-13)14-4-5-15(16)12(3)8-14/h4-5,8,11,13,17H,6-7,9-10H2,1-3H3. The van der Waals surface area contributed by atoms with Gasteiger partial charge >= 0.3 is 0 Å². The smallest absolute Gasteiger partial charge is 0.126 e. The molecule has 1 aliphatic rings. The number of rotatable bonds is 4. The van der Waals surface area contributed by atoms with Crippen molar-refractivity contribution in [3.05, 3.63) is 29.6 Å². The van der Waals surface area contributed by atoms with Crippen molar-refractivity contribution in [1.29, 1.82) is 0 Å². The van der Waals surface area contributed by atoms with Crippen LogP contribution < -0.4 is 10.2 Å². The molecular formula is C15H23FN2. The lowest BCUT2D eigenvalue weighted by molar-refractivity contribution is 0.480. The van der Waals surface area contributed by atoms with E-state index in [0.29, 0.717) is 12.0 Å². The normalized spacial score (nSPS) is 19.8. The van der Waals surface area contributed by atoms with Crippen LogP contribution in [0.15, 0.2) is 18.2 Å². The number of hydrogen-bond donors (Lipinski definition) is 1. The highest BCUT2D eigenvalue weighted by molar-refractivity contribution is 5.49. The zero-order valence-corrected chi connectivity index (χ0v) is 11.5. The Morgan fingerprint density at radius 3 is 2.89 bits per heavy atom. The van der Waals surface area contributed by atoms with E-state index < -0.39 is 0 Å². The Labute approximate surface area is 109 Å². The number of nitrogens with zero attached hydrogens (tertiary/aromatic N) is 1. The van der Waals surface area contributed by atoms with Crippen LogP contribution in [0.2, 0.25) is 0 Å². The molecule has 1 aliphatic heterocycles. The minimum absolute atomic E-state index is 0.115. The molecule has 0 amide bonds. The molecule has 1 N–H and O–H groups in total. The molecule has 0 bridgehead atoms. The summed E-state index contributed by atoms with van der Waals surface area (Å²) < 4.78 is 13.2. The molecule has 1 aromatic rings. The van der Waals surface area contributed by atoms with Crippen molar-refractivity contribution in [2.75, 3.05) is 24.5 Å². The predicted molar refractivity (Wildman–Crippen MR) is 74.6 cm³/mol. The molecule has 1 atom stereocenters. The quantitative estimate of drug-likeness (QED) is 0.884. The van der Waals surface area contributed by atoms with Gasteiger partial charge in [0.1, 0.15) is 5.82 Å². The van der Waals surface area contributed by atoms with Gasteiger partial charge in [0.25, 0.3) is 0 Å². The van der Waals surface area contributed by atoms with Crippen molar-refractivity contribution in [3.8, 4) is 0 Å². The molecule has 1 aromatic carbocycles. The number of halogens is 1. The number of aryl methyl sites for hydroxylation is 1. The molecule has 2 nitrogen and oxygen atoms in total. The van der Waals surface area contributed by atoms with E-state index in [2.05, 4.69) is 24.1 Å². The average molecular weight is 250 g/mol. The summed E-state index contributed by atoms with van der Waals surface area (Å²) in [5.74, 6) is 0.591. The Kier molecular flexibility index (Phi) is 4.23. The number of anilines is 1. The third kappa shape index (κ3) is 3.22. The van der Waals surface area contributed by atoms with Crippen LogP contribution in [-0.2, 0) is 0 Å². The highest BCUT2D eigenvalue weighted by atomic mass is 19.1. The lowest BCUT2D eigenvalue weighted by Gasteiger charge is -2.20. The van der Waals surface area contributed by atoms with Gasteiger partial charge in [-0.15, -0.1) is 0 Å². The van der Waals surface area contributed by atoms with Crippen LogP contribution >= 0.6 is 0 Å². The fraction of sp³-hybridized carbons (Fsp3) is 0.600. The van der Waals surface area contributed by atoms with Crippen molar-refractivity contribution in [3.63, 3.8) is 0 Å². The maximum Gasteiger partial charge on any atom is 0.126 e. The van der Waals surface area contributed by atoms with Crippen molar-refractivity contribution >= 4 is 5.69 Å². The largest absolute Gasteiger partial charge is 0.371 e. The zero-order valence-electron chi connectivity index (χ0n) is 11.5. The second kappa shape index (κ2) is 5.70. The van der Waals surface area contributed by atoms with Gasteiger partial charge in [-0.2, -0.15) is 0 Å². The number of benzene rings is 1. The second-order valence-corrected chi connectivity index (χ2v) is 5.60. The molecule has 1 fully saturated rings. The van der Waals surface area contributed by atoms with Crippen molar-refractivity contribution in [1.82, 2.24) is 5.32 Å². The van der Waals surface area contributed by atoms with E-state index in [4.69, 9.17) is 0 Å². The first-order valence-corrected chi connectivity index (χ1v) is 6.80. The monoisotopic (exact) mass is 250 g/mol. The highest BCUT2D eigenvalue weighted by Crippen LogP contribution is 2.25. The van der Waals surface area contributed by atoms with Gasteiger partial charge in [-0.25, -0.2) is 4.39 Å². The van der Waals surface area contributed by atoms with Crippen molar-refractivity contribution in [2.24, 2.45) is 5.92 Å². The molecule has 0 spiro atoms. The summed E-state index contributed by atoms with van der Waals surface area (Å²) in [4.78, 5) is 2.36. The summed E-state index contributed by atoms with van der Waals surface area (Å²) in [5.41, 5.74) is 1.89. The summed E-state index contributed by atoms with van der Waals surface area (Å²) >= 11 is 0. The minimum atomic E-state index is -0.115. The number of nitrogens with one attached hydrogen (secondary N) is 1. The third-order valence-corrected chi connectivity index (χ3v) is 3.61. The Balaban J connectivity index is 1.93. The minimum Gasteiger partial charge on any atom is -0.371 e. The van der Waals surface area contributed by atoms with Crippen molar-refractivity contribution in [2.45, 2.75) is 33.2 Å². The molecule has 100 valence electrons. The second-order valence-electron chi connectivity index (χ2n) is 5.60. The van der Waals surface area contributed by atoms with E-state index in [9.17, 15) is 4.39 Å². The first-order chi connectivity index (χ1) is 8.56. The Hall–Kier alpha value is -1.09. The Morgan fingerprint density at radius 1 is 1.44 bits per heavy atom. The van der Waals surface area contributed by atoms with Crippen LogP contribution in [0.4, 0.5) is 10.1 Å². The van der Waals surface area contributed by atoms with Gasteiger partial charge in [-0.1, -0.05) is 13.8 Å². The first kappa shape index (κ1) is 13.3. The predicted octanol–water partition coefficient (Wildman–Crippen LogP) is 2.96. The van der Waals surface area contributed by atoms with E-state index in [-0.39, 0.29) is 5.82 Å². The summed E-state index contributed by atoms with van der Waals surface area (Å²) in [6.07, 6.45) is 1.22. The van der Waals surface area contributed by atoms with Gasteiger partial charge in [0, 0.05) is 24.8 Å². The van der Waals surface area contributed by atoms with Gasteiger partial charge < -0.3 is 10.2 Å². The Bertz CT molecular complexity index is 403. The van der Waals surface area contributed by atoms with Gasteiger partial charge in [-0.3, -0.25) is 0 Å².